The maximum Gasteiger partial charge on any atom is 0.419 e. The van der Waals surface area contributed by atoms with E-state index < -0.39 is 29.0 Å². The summed E-state index contributed by atoms with van der Waals surface area (Å²) in [5.74, 6) is -2.22. The largest absolute Gasteiger partial charge is 0.419 e. The quantitative estimate of drug-likeness (QED) is 0.568. The average molecular weight is 273 g/mol. The molecule has 2 rings (SSSR count). The van der Waals surface area contributed by atoms with Gasteiger partial charge in [-0.2, -0.15) is 13.2 Å². The Morgan fingerprint density at radius 3 is 2.53 bits per heavy atom. The highest BCUT2D eigenvalue weighted by Crippen LogP contribution is 2.32. The van der Waals surface area contributed by atoms with E-state index in [1.807, 2.05) is 6.08 Å². The lowest BCUT2D eigenvalue weighted by Crippen LogP contribution is -2.34. The van der Waals surface area contributed by atoms with Crippen LogP contribution in [0.3, 0.4) is 0 Å². The van der Waals surface area contributed by atoms with Crippen LogP contribution in [-0.4, -0.2) is 23.9 Å². The fourth-order valence-corrected chi connectivity index (χ4v) is 1.91. The van der Waals surface area contributed by atoms with Crippen LogP contribution in [0.1, 0.15) is 22.3 Å². The number of amides is 1. The van der Waals surface area contributed by atoms with Crippen molar-refractivity contribution in [3.8, 4) is 0 Å². The van der Waals surface area contributed by atoms with Crippen LogP contribution in [0, 0.1) is 5.82 Å². The van der Waals surface area contributed by atoms with Gasteiger partial charge in [0.15, 0.2) is 0 Å². The van der Waals surface area contributed by atoms with Gasteiger partial charge in [-0.25, -0.2) is 4.39 Å². The molecule has 1 aromatic carbocycles. The number of carbonyl (C=O) groups excluding carboxylic acids is 1. The van der Waals surface area contributed by atoms with Crippen LogP contribution in [0.5, 0.6) is 0 Å². The molecule has 0 unspecified atom stereocenters. The predicted octanol–water partition coefficient (Wildman–Crippen LogP) is 3.25. The van der Waals surface area contributed by atoms with Gasteiger partial charge in [0, 0.05) is 13.1 Å². The highest BCUT2D eigenvalue weighted by Gasteiger charge is 2.36. The van der Waals surface area contributed by atoms with Gasteiger partial charge in [-0.1, -0.05) is 18.2 Å². The molecule has 0 aromatic heterocycles. The van der Waals surface area contributed by atoms with Crippen LogP contribution in [-0.2, 0) is 6.18 Å². The Labute approximate surface area is 107 Å². The molecule has 0 N–H and O–H groups in total. The topological polar surface area (TPSA) is 20.3 Å². The molecule has 6 heteroatoms. The Balaban J connectivity index is 2.35. The minimum Gasteiger partial charge on any atom is -0.335 e. The highest BCUT2D eigenvalue weighted by atomic mass is 19.4. The zero-order valence-corrected chi connectivity index (χ0v) is 9.88. The molecule has 1 heterocycles. The van der Waals surface area contributed by atoms with Crippen molar-refractivity contribution in [3.05, 3.63) is 47.3 Å². The molecule has 0 aliphatic carbocycles. The number of nitrogens with zero attached hydrogens (tertiary/aromatic N) is 1. The van der Waals surface area contributed by atoms with Crippen molar-refractivity contribution in [2.75, 3.05) is 13.1 Å². The van der Waals surface area contributed by atoms with E-state index >= 15 is 0 Å². The molecule has 1 amide bonds. The van der Waals surface area contributed by atoms with Crippen molar-refractivity contribution in [1.29, 1.82) is 0 Å². The first-order chi connectivity index (χ1) is 8.91. The van der Waals surface area contributed by atoms with E-state index in [-0.39, 0.29) is 6.54 Å². The summed E-state index contributed by atoms with van der Waals surface area (Å²) in [5, 5.41) is 0. The monoisotopic (exact) mass is 273 g/mol. The third-order valence-corrected chi connectivity index (χ3v) is 2.88. The number of halogens is 4. The molecule has 0 saturated heterocycles. The SMILES string of the molecule is O=C(c1cccc(C(F)(F)F)c1F)N1CC=CCC1. The Hall–Kier alpha value is -1.85. The molecule has 0 saturated carbocycles. The van der Waals surface area contributed by atoms with Crippen molar-refractivity contribution >= 4 is 5.91 Å². The first-order valence-corrected chi connectivity index (χ1v) is 5.71. The van der Waals surface area contributed by atoms with Crippen molar-refractivity contribution < 1.29 is 22.4 Å². The van der Waals surface area contributed by atoms with Gasteiger partial charge in [0.05, 0.1) is 11.1 Å². The maximum atomic E-state index is 13.8. The summed E-state index contributed by atoms with van der Waals surface area (Å²) in [6.07, 6.45) is -0.590. The van der Waals surface area contributed by atoms with Crippen LogP contribution < -0.4 is 0 Å². The second-order valence-electron chi connectivity index (χ2n) is 4.18. The second-order valence-corrected chi connectivity index (χ2v) is 4.18. The van der Waals surface area contributed by atoms with Gasteiger partial charge >= 0.3 is 6.18 Å². The molecule has 19 heavy (non-hydrogen) atoms. The lowest BCUT2D eigenvalue weighted by molar-refractivity contribution is -0.140. The summed E-state index contributed by atoms with van der Waals surface area (Å²) in [6.45, 7) is 0.666. The minimum atomic E-state index is -4.80. The van der Waals surface area contributed by atoms with Gasteiger partial charge in [-0.3, -0.25) is 4.79 Å². The number of rotatable bonds is 1. The second kappa shape index (κ2) is 5.03. The zero-order valence-electron chi connectivity index (χ0n) is 9.88. The molecule has 0 fully saturated rings. The normalized spacial score (nSPS) is 15.7. The summed E-state index contributed by atoms with van der Waals surface area (Å²) < 4.78 is 51.5. The van der Waals surface area contributed by atoms with Gasteiger partial charge in [0.1, 0.15) is 5.82 Å². The van der Waals surface area contributed by atoms with E-state index in [1.54, 1.807) is 6.08 Å². The van der Waals surface area contributed by atoms with Gasteiger partial charge in [0.2, 0.25) is 0 Å². The van der Waals surface area contributed by atoms with Crippen molar-refractivity contribution in [1.82, 2.24) is 4.90 Å². The Bertz CT molecular complexity index is 522. The summed E-state index contributed by atoms with van der Waals surface area (Å²) in [4.78, 5) is 13.3. The third-order valence-electron chi connectivity index (χ3n) is 2.88. The average Bonchev–Trinajstić information content (AvgIpc) is 2.38. The molecule has 1 aromatic rings. The summed E-state index contributed by atoms with van der Waals surface area (Å²) >= 11 is 0. The lowest BCUT2D eigenvalue weighted by atomic mass is 10.1. The summed E-state index contributed by atoms with van der Waals surface area (Å²) in [6, 6.07) is 2.74. The number of hydrogen-bond donors (Lipinski definition) is 0. The van der Waals surface area contributed by atoms with Gasteiger partial charge in [0.25, 0.3) is 5.91 Å². The highest BCUT2D eigenvalue weighted by molar-refractivity contribution is 5.95. The molecular weight excluding hydrogens is 262 g/mol. The zero-order chi connectivity index (χ0) is 14.0. The van der Waals surface area contributed by atoms with Crippen LogP contribution in [0.15, 0.2) is 30.4 Å². The first kappa shape index (κ1) is 13.6. The summed E-state index contributed by atoms with van der Waals surface area (Å²) in [5.41, 5.74) is -1.95. The lowest BCUT2D eigenvalue weighted by Gasteiger charge is -2.24. The number of carbonyl (C=O) groups is 1. The Kier molecular flexibility index (Phi) is 3.59. The third kappa shape index (κ3) is 2.77. The molecule has 0 bridgehead atoms. The molecule has 0 atom stereocenters. The molecule has 2 nitrogen and oxygen atoms in total. The maximum absolute atomic E-state index is 13.8. The van der Waals surface area contributed by atoms with E-state index in [9.17, 15) is 22.4 Å². The molecule has 1 aliphatic heterocycles. The number of hydrogen-bond acceptors (Lipinski definition) is 1. The molecule has 102 valence electrons. The van der Waals surface area contributed by atoms with Crippen LogP contribution in [0.25, 0.3) is 0 Å². The van der Waals surface area contributed by atoms with Crippen molar-refractivity contribution in [3.63, 3.8) is 0 Å². The first-order valence-electron chi connectivity index (χ1n) is 5.71. The van der Waals surface area contributed by atoms with E-state index in [1.165, 1.54) is 4.90 Å². The molecule has 0 spiro atoms. The van der Waals surface area contributed by atoms with E-state index in [0.29, 0.717) is 19.0 Å². The Morgan fingerprint density at radius 2 is 1.95 bits per heavy atom. The predicted molar refractivity (Wildman–Crippen MR) is 61.1 cm³/mol. The van der Waals surface area contributed by atoms with E-state index in [4.69, 9.17) is 0 Å². The standard InChI is InChI=1S/C13H11F4NO/c14-11-9(5-4-6-10(11)13(15,16)17)12(19)18-7-2-1-3-8-18/h1-2,4-6H,3,7-8H2. The molecule has 1 aliphatic rings. The minimum absolute atomic E-state index is 0.286. The fourth-order valence-electron chi connectivity index (χ4n) is 1.91. The summed E-state index contributed by atoms with van der Waals surface area (Å²) in [7, 11) is 0. The number of alkyl halides is 3. The van der Waals surface area contributed by atoms with Gasteiger partial charge < -0.3 is 4.90 Å². The fraction of sp³-hybridized carbons (Fsp3) is 0.308. The van der Waals surface area contributed by atoms with Crippen LogP contribution in [0.2, 0.25) is 0 Å². The van der Waals surface area contributed by atoms with Crippen LogP contribution >= 0.6 is 0 Å². The Morgan fingerprint density at radius 1 is 1.21 bits per heavy atom. The van der Waals surface area contributed by atoms with E-state index in [2.05, 4.69) is 0 Å². The van der Waals surface area contributed by atoms with Crippen LogP contribution in [0.4, 0.5) is 17.6 Å². The molecular formula is C13H11F4NO. The smallest absolute Gasteiger partial charge is 0.335 e. The van der Waals surface area contributed by atoms with Crippen molar-refractivity contribution in [2.24, 2.45) is 0 Å². The van der Waals surface area contributed by atoms with Crippen molar-refractivity contribution in [2.45, 2.75) is 12.6 Å². The molecule has 0 radical (unpaired) electrons. The van der Waals surface area contributed by atoms with E-state index in [0.717, 1.165) is 12.1 Å². The van der Waals surface area contributed by atoms with Gasteiger partial charge in [-0.15, -0.1) is 0 Å². The number of benzene rings is 1. The van der Waals surface area contributed by atoms with Gasteiger partial charge in [-0.05, 0) is 18.6 Å².